The van der Waals surface area contributed by atoms with Gasteiger partial charge in [-0.2, -0.15) is 5.10 Å². The molecule has 0 aliphatic rings. The third-order valence-electron chi connectivity index (χ3n) is 2.57. The average Bonchev–Trinajstić information content (AvgIpc) is 2.70. The summed E-state index contributed by atoms with van der Waals surface area (Å²) in [6, 6.07) is 1.42. The van der Waals surface area contributed by atoms with E-state index in [1.165, 1.54) is 12.3 Å². The first-order valence-electron chi connectivity index (χ1n) is 5.03. The Hall–Kier alpha value is -0.590. The summed E-state index contributed by atoms with van der Waals surface area (Å²) in [5, 5.41) is 6.12. The molecule has 0 aliphatic heterocycles. The van der Waals surface area contributed by atoms with Crippen LogP contribution in [0.25, 0.3) is 0 Å². The first kappa shape index (κ1) is 13.5. The van der Waals surface area contributed by atoms with Crippen LogP contribution in [0.2, 0.25) is 0 Å². The summed E-state index contributed by atoms with van der Waals surface area (Å²) in [4.78, 5) is 0. The van der Waals surface area contributed by atoms with Gasteiger partial charge in [0.25, 0.3) is 10.0 Å². The molecule has 0 fully saturated rings. The predicted octanol–water partition coefficient (Wildman–Crippen LogP) is 1.49. The summed E-state index contributed by atoms with van der Waals surface area (Å²) in [5.41, 5.74) is -0.522. The monoisotopic (exact) mass is 265 g/mol. The van der Waals surface area contributed by atoms with Crippen molar-refractivity contribution in [3.63, 3.8) is 0 Å². The van der Waals surface area contributed by atoms with Crippen molar-refractivity contribution in [3.8, 4) is 0 Å². The number of nitrogens with zero attached hydrogens (tertiary/aromatic N) is 1. The van der Waals surface area contributed by atoms with Crippen LogP contribution in [-0.2, 0) is 10.0 Å². The second kappa shape index (κ2) is 5.16. The topological polar surface area (TPSA) is 74.8 Å². The third kappa shape index (κ3) is 3.20. The number of H-pyrrole nitrogens is 1. The van der Waals surface area contributed by atoms with Gasteiger partial charge in [0.05, 0.1) is 6.20 Å². The molecule has 0 amide bonds. The molecule has 1 atom stereocenters. The summed E-state index contributed by atoms with van der Waals surface area (Å²) in [6.07, 6.45) is 2.66. The molecule has 0 saturated heterocycles. The van der Waals surface area contributed by atoms with Crippen molar-refractivity contribution in [2.45, 2.75) is 37.3 Å². The van der Waals surface area contributed by atoms with Gasteiger partial charge in [-0.05, 0) is 25.8 Å². The van der Waals surface area contributed by atoms with Crippen molar-refractivity contribution in [3.05, 3.63) is 12.3 Å². The molecule has 2 N–H and O–H groups in total. The van der Waals surface area contributed by atoms with Crippen LogP contribution in [0.15, 0.2) is 17.3 Å². The van der Waals surface area contributed by atoms with Gasteiger partial charge in [-0.25, -0.2) is 13.1 Å². The molecule has 5 nitrogen and oxygen atoms in total. The maximum absolute atomic E-state index is 11.9. The first-order chi connectivity index (χ1) is 7.43. The molecule has 16 heavy (non-hydrogen) atoms. The minimum Gasteiger partial charge on any atom is -0.266 e. The van der Waals surface area contributed by atoms with Gasteiger partial charge in [0.1, 0.15) is 0 Å². The normalized spacial score (nSPS) is 15.9. The summed E-state index contributed by atoms with van der Waals surface area (Å²) in [6.45, 7) is 3.76. The fraction of sp³-hybridized carbons (Fsp3) is 0.667. The lowest BCUT2D eigenvalue weighted by Crippen LogP contribution is -2.45. The number of sulfonamides is 1. The predicted molar refractivity (Wildman–Crippen MR) is 62.9 cm³/mol. The number of hydrogen-bond acceptors (Lipinski definition) is 3. The van der Waals surface area contributed by atoms with Gasteiger partial charge in [-0.3, -0.25) is 5.10 Å². The fourth-order valence-corrected chi connectivity index (χ4v) is 3.12. The molecule has 1 aromatic rings. The van der Waals surface area contributed by atoms with E-state index in [4.69, 9.17) is 11.6 Å². The van der Waals surface area contributed by atoms with Crippen LogP contribution in [0.5, 0.6) is 0 Å². The van der Waals surface area contributed by atoms with Gasteiger partial charge in [0, 0.05) is 11.4 Å². The standard InChI is InChI=1S/C9H16ClN3O2S/c1-3-9(2,5-6-10)13-16(14,15)8-4-7-11-12-8/h4,7,13H,3,5-6H2,1-2H3,(H,11,12). The smallest absolute Gasteiger partial charge is 0.257 e. The number of aromatic nitrogens is 2. The minimum atomic E-state index is -3.54. The van der Waals surface area contributed by atoms with E-state index in [-0.39, 0.29) is 5.03 Å². The Morgan fingerprint density at radius 1 is 1.62 bits per heavy atom. The molecule has 0 spiro atoms. The Kier molecular flexibility index (Phi) is 4.35. The molecule has 0 saturated carbocycles. The van der Waals surface area contributed by atoms with Crippen LogP contribution in [0.4, 0.5) is 0 Å². The molecule has 1 rings (SSSR count). The number of hydrogen-bond donors (Lipinski definition) is 2. The van der Waals surface area contributed by atoms with E-state index < -0.39 is 15.6 Å². The number of rotatable bonds is 6. The molecule has 1 aromatic heterocycles. The highest BCUT2D eigenvalue weighted by molar-refractivity contribution is 7.89. The lowest BCUT2D eigenvalue weighted by Gasteiger charge is -2.28. The van der Waals surface area contributed by atoms with Crippen LogP contribution in [0, 0.1) is 0 Å². The zero-order valence-electron chi connectivity index (χ0n) is 9.33. The Labute approximate surface area is 101 Å². The Morgan fingerprint density at radius 3 is 2.75 bits per heavy atom. The Bertz CT molecular complexity index is 418. The van der Waals surface area contributed by atoms with Crippen LogP contribution in [-0.4, -0.2) is 30.0 Å². The van der Waals surface area contributed by atoms with Crippen molar-refractivity contribution < 1.29 is 8.42 Å². The van der Waals surface area contributed by atoms with E-state index >= 15 is 0 Å². The summed E-state index contributed by atoms with van der Waals surface area (Å²) < 4.78 is 26.5. The summed E-state index contributed by atoms with van der Waals surface area (Å²) in [5.74, 6) is 0.413. The van der Waals surface area contributed by atoms with E-state index in [1.54, 1.807) is 0 Å². The third-order valence-corrected chi connectivity index (χ3v) is 4.33. The van der Waals surface area contributed by atoms with Crippen LogP contribution in [0.3, 0.4) is 0 Å². The van der Waals surface area contributed by atoms with Gasteiger partial charge in [0.2, 0.25) is 0 Å². The Morgan fingerprint density at radius 2 is 2.31 bits per heavy atom. The quantitative estimate of drug-likeness (QED) is 0.765. The van der Waals surface area contributed by atoms with Gasteiger partial charge in [-0.15, -0.1) is 11.6 Å². The number of aromatic amines is 1. The fourth-order valence-electron chi connectivity index (χ4n) is 1.28. The SMILES string of the molecule is CCC(C)(CCCl)NS(=O)(=O)c1ccn[nH]1. The molecule has 92 valence electrons. The van der Waals surface area contributed by atoms with Gasteiger partial charge in [0.15, 0.2) is 5.03 Å². The molecule has 0 bridgehead atoms. The highest BCUT2D eigenvalue weighted by Gasteiger charge is 2.29. The first-order valence-corrected chi connectivity index (χ1v) is 7.04. The zero-order valence-corrected chi connectivity index (χ0v) is 10.9. The minimum absolute atomic E-state index is 0.0711. The van der Waals surface area contributed by atoms with Crippen LogP contribution >= 0.6 is 11.6 Å². The van der Waals surface area contributed by atoms with Gasteiger partial charge < -0.3 is 0 Å². The largest absolute Gasteiger partial charge is 0.266 e. The molecule has 0 radical (unpaired) electrons. The van der Waals surface area contributed by atoms with E-state index in [0.29, 0.717) is 18.7 Å². The molecule has 7 heteroatoms. The molecular formula is C9H16ClN3O2S. The molecule has 0 aromatic carbocycles. The lowest BCUT2D eigenvalue weighted by atomic mass is 9.97. The molecule has 1 unspecified atom stereocenters. The van der Waals surface area contributed by atoms with E-state index in [2.05, 4.69) is 14.9 Å². The van der Waals surface area contributed by atoms with Gasteiger partial charge >= 0.3 is 0 Å². The number of halogens is 1. The lowest BCUT2D eigenvalue weighted by molar-refractivity contribution is 0.390. The molecule has 1 heterocycles. The number of nitrogens with one attached hydrogen (secondary N) is 2. The molecular weight excluding hydrogens is 250 g/mol. The highest BCUT2D eigenvalue weighted by atomic mass is 35.5. The van der Waals surface area contributed by atoms with Crippen molar-refractivity contribution in [1.29, 1.82) is 0 Å². The Balaban J connectivity index is 2.87. The second-order valence-corrected chi connectivity index (χ2v) is 5.91. The highest BCUT2D eigenvalue weighted by Crippen LogP contribution is 2.18. The maximum atomic E-state index is 11.9. The van der Waals surface area contributed by atoms with Crippen LogP contribution in [0.1, 0.15) is 26.7 Å². The van der Waals surface area contributed by atoms with Crippen molar-refractivity contribution in [1.82, 2.24) is 14.9 Å². The summed E-state index contributed by atoms with van der Waals surface area (Å²) in [7, 11) is -3.54. The number of alkyl halides is 1. The van der Waals surface area contributed by atoms with E-state index in [0.717, 1.165) is 0 Å². The second-order valence-electron chi connectivity index (χ2n) is 3.88. The van der Waals surface area contributed by atoms with E-state index in [9.17, 15) is 8.42 Å². The van der Waals surface area contributed by atoms with Crippen molar-refractivity contribution in [2.75, 3.05) is 5.88 Å². The van der Waals surface area contributed by atoms with Crippen LogP contribution < -0.4 is 4.72 Å². The molecule has 0 aliphatic carbocycles. The maximum Gasteiger partial charge on any atom is 0.257 e. The zero-order chi connectivity index (χ0) is 12.2. The van der Waals surface area contributed by atoms with E-state index in [1.807, 2.05) is 13.8 Å². The summed E-state index contributed by atoms with van der Waals surface area (Å²) >= 11 is 5.66. The van der Waals surface area contributed by atoms with Gasteiger partial charge in [-0.1, -0.05) is 6.92 Å². The van der Waals surface area contributed by atoms with Crippen molar-refractivity contribution in [2.24, 2.45) is 0 Å². The van der Waals surface area contributed by atoms with Crippen molar-refractivity contribution >= 4 is 21.6 Å². The average molecular weight is 266 g/mol.